The summed E-state index contributed by atoms with van der Waals surface area (Å²) < 4.78 is 0. The third-order valence-electron chi connectivity index (χ3n) is 2.77. The minimum absolute atomic E-state index is 0.0140. The fourth-order valence-corrected chi connectivity index (χ4v) is 1.76. The van der Waals surface area contributed by atoms with Gasteiger partial charge in [-0.3, -0.25) is 0 Å². The minimum atomic E-state index is 0.0140. The fraction of sp³-hybridized carbons (Fsp3) is 0.800. The van der Waals surface area contributed by atoms with Gasteiger partial charge in [0.25, 0.3) is 0 Å². The Bertz CT molecular complexity index is 228. The van der Waals surface area contributed by atoms with Crippen LogP contribution in [0.25, 0.3) is 0 Å². The van der Waals surface area contributed by atoms with Gasteiger partial charge < -0.3 is 0 Å². The van der Waals surface area contributed by atoms with E-state index in [1.54, 1.807) is 0 Å². The molecule has 12 heavy (non-hydrogen) atoms. The fourth-order valence-electron chi connectivity index (χ4n) is 1.76. The van der Waals surface area contributed by atoms with Crippen molar-refractivity contribution in [3.05, 3.63) is 11.3 Å². The van der Waals surface area contributed by atoms with Gasteiger partial charge in [0, 0.05) is 0 Å². The first-order valence-electron chi connectivity index (χ1n) is 4.83. The van der Waals surface area contributed by atoms with E-state index >= 15 is 0 Å². The van der Waals surface area contributed by atoms with E-state index in [1.807, 2.05) is 0 Å². The summed E-state index contributed by atoms with van der Waals surface area (Å²) in [6, 6.07) is 0. The predicted molar refractivity (Wildman–Crippen MR) is 51.2 cm³/mol. The number of nitrogens with zero attached hydrogens (tertiary/aromatic N) is 2. The van der Waals surface area contributed by atoms with Crippen molar-refractivity contribution in [2.24, 2.45) is 10.2 Å². The summed E-state index contributed by atoms with van der Waals surface area (Å²) >= 11 is 0. The lowest BCUT2D eigenvalue weighted by molar-refractivity contribution is 0.516. The molecule has 0 fully saturated rings. The monoisotopic (exact) mass is 166 g/mol. The van der Waals surface area contributed by atoms with Crippen molar-refractivity contribution in [1.82, 2.24) is 0 Å². The van der Waals surface area contributed by atoms with Crippen LogP contribution in [0.2, 0.25) is 0 Å². The van der Waals surface area contributed by atoms with Crippen LogP contribution in [0.1, 0.15) is 47.0 Å². The molecule has 1 rings (SSSR count). The van der Waals surface area contributed by atoms with Gasteiger partial charge in [-0.25, -0.2) is 0 Å². The molecule has 68 valence electrons. The van der Waals surface area contributed by atoms with E-state index in [9.17, 15) is 0 Å². The number of hydrogen-bond acceptors (Lipinski definition) is 2. The normalized spacial score (nSPS) is 28.7. The maximum Gasteiger partial charge on any atom is 0.102 e. The Morgan fingerprint density at radius 2 is 1.83 bits per heavy atom. The average Bonchev–Trinajstić information content (AvgIpc) is 2.43. The molecular formula is C10H18N2. The van der Waals surface area contributed by atoms with Gasteiger partial charge in [-0.15, -0.1) is 0 Å². The largest absolute Gasteiger partial charge is 0.178 e. The highest BCUT2D eigenvalue weighted by Gasteiger charge is 2.32. The Kier molecular flexibility index (Phi) is 2.65. The second kappa shape index (κ2) is 3.38. The lowest BCUT2D eigenvalue weighted by atomic mass is 9.87. The van der Waals surface area contributed by atoms with Crippen LogP contribution in [0.15, 0.2) is 21.5 Å². The van der Waals surface area contributed by atoms with Crippen LogP contribution in [-0.2, 0) is 0 Å². The second-order valence-electron chi connectivity index (χ2n) is 3.46. The molecule has 0 N–H and O–H groups in total. The summed E-state index contributed by atoms with van der Waals surface area (Å²) in [6.07, 6.45) is 3.16. The highest BCUT2D eigenvalue weighted by Crippen LogP contribution is 2.37. The van der Waals surface area contributed by atoms with E-state index in [0.29, 0.717) is 0 Å². The topological polar surface area (TPSA) is 24.7 Å². The highest BCUT2D eigenvalue weighted by atomic mass is 15.2. The molecule has 0 aromatic carbocycles. The van der Waals surface area contributed by atoms with E-state index in [1.165, 1.54) is 11.3 Å². The predicted octanol–water partition coefficient (Wildman–Crippen LogP) is 3.70. The van der Waals surface area contributed by atoms with Crippen molar-refractivity contribution < 1.29 is 0 Å². The van der Waals surface area contributed by atoms with Crippen LogP contribution in [-0.4, -0.2) is 5.54 Å². The molecule has 2 heteroatoms. The molecule has 1 aliphatic rings. The summed E-state index contributed by atoms with van der Waals surface area (Å²) in [7, 11) is 0. The number of hydrogen-bond donors (Lipinski definition) is 0. The maximum atomic E-state index is 4.34. The summed E-state index contributed by atoms with van der Waals surface area (Å²) in [5, 5.41) is 8.58. The summed E-state index contributed by atoms with van der Waals surface area (Å²) in [6.45, 7) is 8.69. The van der Waals surface area contributed by atoms with Gasteiger partial charge in [0.1, 0.15) is 5.54 Å². The van der Waals surface area contributed by atoms with Crippen LogP contribution in [0.4, 0.5) is 0 Å². The van der Waals surface area contributed by atoms with Gasteiger partial charge in [-0.05, 0) is 31.8 Å². The smallest absolute Gasteiger partial charge is 0.102 e. The van der Waals surface area contributed by atoms with Crippen molar-refractivity contribution in [3.63, 3.8) is 0 Å². The molecule has 0 spiro atoms. The standard InChI is InChI=1S/C10H18N2/c1-5-8-9(6-2)11-12-10(8,4)7-3/h5-7H2,1-4H3. The van der Waals surface area contributed by atoms with Crippen LogP contribution >= 0.6 is 0 Å². The number of azo groups is 1. The van der Waals surface area contributed by atoms with Crippen LogP contribution < -0.4 is 0 Å². The molecule has 0 saturated carbocycles. The van der Waals surface area contributed by atoms with Crippen molar-refractivity contribution in [3.8, 4) is 0 Å². The van der Waals surface area contributed by atoms with Crippen LogP contribution in [0.3, 0.4) is 0 Å². The van der Waals surface area contributed by atoms with E-state index in [0.717, 1.165) is 19.3 Å². The lowest BCUT2D eigenvalue weighted by Crippen LogP contribution is -2.21. The zero-order valence-corrected chi connectivity index (χ0v) is 8.52. The molecule has 0 aliphatic carbocycles. The Morgan fingerprint density at radius 3 is 2.25 bits per heavy atom. The Labute approximate surface area is 74.8 Å². The zero-order valence-electron chi connectivity index (χ0n) is 8.52. The highest BCUT2D eigenvalue weighted by molar-refractivity contribution is 5.28. The SMILES string of the molecule is CCC1=C(CC)C(C)(CC)N=N1. The van der Waals surface area contributed by atoms with Gasteiger partial charge in [-0.2, -0.15) is 10.2 Å². The Morgan fingerprint density at radius 1 is 1.17 bits per heavy atom. The molecule has 1 heterocycles. The van der Waals surface area contributed by atoms with Gasteiger partial charge in [0.05, 0.1) is 5.70 Å². The molecule has 0 radical (unpaired) electrons. The van der Waals surface area contributed by atoms with Crippen molar-refractivity contribution >= 4 is 0 Å². The average molecular weight is 166 g/mol. The summed E-state index contributed by atoms with van der Waals surface area (Å²) in [5.74, 6) is 0. The molecule has 1 atom stereocenters. The second-order valence-corrected chi connectivity index (χ2v) is 3.46. The van der Waals surface area contributed by atoms with Gasteiger partial charge >= 0.3 is 0 Å². The van der Waals surface area contributed by atoms with Gasteiger partial charge in [-0.1, -0.05) is 20.8 Å². The van der Waals surface area contributed by atoms with Crippen molar-refractivity contribution in [2.75, 3.05) is 0 Å². The molecule has 0 saturated heterocycles. The summed E-state index contributed by atoms with van der Waals surface area (Å²) in [5.41, 5.74) is 2.66. The van der Waals surface area contributed by atoms with E-state index in [-0.39, 0.29) is 5.54 Å². The first kappa shape index (κ1) is 9.43. The molecular weight excluding hydrogens is 148 g/mol. The molecule has 2 nitrogen and oxygen atoms in total. The van der Waals surface area contributed by atoms with Crippen LogP contribution in [0, 0.1) is 0 Å². The van der Waals surface area contributed by atoms with E-state index in [2.05, 4.69) is 37.9 Å². The Hall–Kier alpha value is -0.660. The Balaban J connectivity index is 2.98. The molecule has 1 unspecified atom stereocenters. The van der Waals surface area contributed by atoms with Crippen molar-refractivity contribution in [2.45, 2.75) is 52.5 Å². The maximum absolute atomic E-state index is 4.34. The molecule has 0 aromatic rings. The number of allylic oxidation sites excluding steroid dienone is 1. The first-order valence-corrected chi connectivity index (χ1v) is 4.83. The number of rotatable bonds is 3. The van der Waals surface area contributed by atoms with Gasteiger partial charge in [0.2, 0.25) is 0 Å². The minimum Gasteiger partial charge on any atom is -0.178 e. The van der Waals surface area contributed by atoms with E-state index < -0.39 is 0 Å². The first-order chi connectivity index (χ1) is 5.68. The van der Waals surface area contributed by atoms with E-state index in [4.69, 9.17) is 0 Å². The zero-order chi connectivity index (χ0) is 9.19. The molecule has 0 amide bonds. The molecule has 0 bridgehead atoms. The third-order valence-corrected chi connectivity index (χ3v) is 2.77. The third kappa shape index (κ3) is 1.30. The van der Waals surface area contributed by atoms with Crippen LogP contribution in [0.5, 0.6) is 0 Å². The van der Waals surface area contributed by atoms with Gasteiger partial charge in [0.15, 0.2) is 0 Å². The quantitative estimate of drug-likeness (QED) is 0.610. The summed E-state index contributed by atoms with van der Waals surface area (Å²) in [4.78, 5) is 0. The molecule has 0 aromatic heterocycles. The molecule has 1 aliphatic heterocycles. The lowest BCUT2D eigenvalue weighted by Gasteiger charge is -2.20. The van der Waals surface area contributed by atoms with Crippen molar-refractivity contribution in [1.29, 1.82) is 0 Å².